The minimum absolute atomic E-state index is 0. The summed E-state index contributed by atoms with van der Waals surface area (Å²) < 4.78 is 10.5. The molecular formula is C21H38IN5O2. The summed E-state index contributed by atoms with van der Waals surface area (Å²) >= 11 is 0. The zero-order chi connectivity index (χ0) is 20.2. The number of hydrogen-bond acceptors (Lipinski definition) is 5. The number of methoxy groups -OCH3 is 2. The predicted octanol–water partition coefficient (Wildman–Crippen LogP) is 2.37. The third kappa shape index (κ3) is 8.96. The summed E-state index contributed by atoms with van der Waals surface area (Å²) in [6, 6.07) is 8.30. The molecule has 1 N–H and O–H groups in total. The summed E-state index contributed by atoms with van der Waals surface area (Å²) in [5.41, 5.74) is 1.22. The van der Waals surface area contributed by atoms with Crippen LogP contribution < -0.4 is 15.0 Å². The van der Waals surface area contributed by atoms with Crippen molar-refractivity contribution >= 4 is 35.6 Å². The van der Waals surface area contributed by atoms with Gasteiger partial charge in [-0.15, -0.1) is 24.0 Å². The van der Waals surface area contributed by atoms with Crippen LogP contribution in [0.5, 0.6) is 5.75 Å². The molecule has 1 saturated heterocycles. The molecule has 0 saturated carbocycles. The molecule has 1 aromatic rings. The first-order valence-corrected chi connectivity index (χ1v) is 10.3. The van der Waals surface area contributed by atoms with E-state index in [4.69, 9.17) is 14.5 Å². The number of nitrogens with zero attached hydrogens (tertiary/aromatic N) is 4. The third-order valence-electron chi connectivity index (χ3n) is 4.97. The Morgan fingerprint density at radius 3 is 2.59 bits per heavy atom. The van der Waals surface area contributed by atoms with Crippen LogP contribution in [0.1, 0.15) is 13.3 Å². The van der Waals surface area contributed by atoms with Gasteiger partial charge in [-0.25, -0.2) is 0 Å². The first kappa shape index (κ1) is 25.8. The number of benzene rings is 1. The molecule has 0 amide bonds. The van der Waals surface area contributed by atoms with Crippen molar-refractivity contribution in [2.24, 2.45) is 4.99 Å². The first-order chi connectivity index (χ1) is 13.7. The van der Waals surface area contributed by atoms with Crippen molar-refractivity contribution in [1.82, 2.24) is 15.1 Å². The lowest BCUT2D eigenvalue weighted by molar-refractivity contribution is 0.161. The Morgan fingerprint density at radius 2 is 1.93 bits per heavy atom. The highest BCUT2D eigenvalue weighted by Gasteiger charge is 2.20. The van der Waals surface area contributed by atoms with Gasteiger partial charge in [0.1, 0.15) is 5.75 Å². The van der Waals surface area contributed by atoms with Gasteiger partial charge in [-0.1, -0.05) is 6.07 Å². The molecule has 0 radical (unpaired) electrons. The van der Waals surface area contributed by atoms with Gasteiger partial charge in [0.15, 0.2) is 5.96 Å². The summed E-state index contributed by atoms with van der Waals surface area (Å²) in [7, 11) is 5.59. The number of aliphatic imine (C=N–C) groups is 1. The Morgan fingerprint density at radius 1 is 1.17 bits per heavy atom. The lowest BCUT2D eigenvalue weighted by Crippen LogP contribution is -2.52. The monoisotopic (exact) mass is 519 g/mol. The molecule has 0 bridgehead atoms. The summed E-state index contributed by atoms with van der Waals surface area (Å²) in [5, 5.41) is 3.45. The topological polar surface area (TPSA) is 52.6 Å². The van der Waals surface area contributed by atoms with Crippen LogP contribution in [0.2, 0.25) is 0 Å². The number of anilines is 1. The standard InChI is InChI=1S/C21H37N5O2.HI/c1-5-22-21(23-10-7-11-24(2)16-17-27-3)26-14-12-25(13-15-26)19-8-6-9-20(18-19)28-4;/h6,8-9,18H,5,7,10-17H2,1-4H3,(H,22,23);1H. The van der Waals surface area contributed by atoms with Gasteiger partial charge in [-0.3, -0.25) is 4.99 Å². The second kappa shape index (κ2) is 14.7. The van der Waals surface area contributed by atoms with Gasteiger partial charge in [0, 0.05) is 64.7 Å². The zero-order valence-corrected chi connectivity index (χ0v) is 20.7. The molecule has 0 aliphatic carbocycles. The minimum atomic E-state index is 0. The zero-order valence-electron chi connectivity index (χ0n) is 18.4. The highest BCUT2D eigenvalue weighted by Crippen LogP contribution is 2.22. The summed E-state index contributed by atoms with van der Waals surface area (Å²) in [6.45, 7) is 10.5. The average Bonchev–Trinajstić information content (AvgIpc) is 2.74. The van der Waals surface area contributed by atoms with Crippen LogP contribution in [0.15, 0.2) is 29.3 Å². The van der Waals surface area contributed by atoms with E-state index in [-0.39, 0.29) is 24.0 Å². The Balaban J connectivity index is 0.00000420. The predicted molar refractivity (Wildman–Crippen MR) is 132 cm³/mol. The molecule has 1 aliphatic heterocycles. The van der Waals surface area contributed by atoms with E-state index in [9.17, 15) is 0 Å². The molecule has 1 aliphatic rings. The highest BCUT2D eigenvalue weighted by molar-refractivity contribution is 14.0. The van der Waals surface area contributed by atoms with Gasteiger partial charge in [0.2, 0.25) is 0 Å². The Bertz CT molecular complexity index is 594. The van der Waals surface area contributed by atoms with Crippen LogP contribution in [0.4, 0.5) is 5.69 Å². The van der Waals surface area contributed by atoms with Gasteiger partial charge in [-0.2, -0.15) is 0 Å². The summed E-state index contributed by atoms with van der Waals surface area (Å²) in [6.07, 6.45) is 1.05. The smallest absolute Gasteiger partial charge is 0.194 e. The van der Waals surface area contributed by atoms with Crippen molar-refractivity contribution in [3.8, 4) is 5.75 Å². The number of piperazine rings is 1. The van der Waals surface area contributed by atoms with Gasteiger partial charge < -0.3 is 29.5 Å². The van der Waals surface area contributed by atoms with E-state index < -0.39 is 0 Å². The molecule has 1 heterocycles. The molecule has 0 unspecified atom stereocenters. The minimum Gasteiger partial charge on any atom is -0.497 e. The quantitative estimate of drug-likeness (QED) is 0.222. The van der Waals surface area contributed by atoms with Crippen LogP contribution in [-0.4, -0.2) is 96.0 Å². The lowest BCUT2D eigenvalue weighted by atomic mass is 10.2. The van der Waals surface area contributed by atoms with Gasteiger partial charge in [-0.05, 0) is 39.1 Å². The SMILES string of the molecule is CCNC(=NCCCN(C)CCOC)N1CCN(c2cccc(OC)c2)CC1.I. The van der Waals surface area contributed by atoms with Crippen LogP contribution in [0.25, 0.3) is 0 Å². The number of halogens is 1. The van der Waals surface area contributed by atoms with E-state index in [1.807, 2.05) is 6.07 Å². The van der Waals surface area contributed by atoms with Crippen molar-refractivity contribution in [3.63, 3.8) is 0 Å². The number of ether oxygens (including phenoxy) is 2. The fourth-order valence-corrected chi connectivity index (χ4v) is 3.29. The molecule has 166 valence electrons. The molecule has 0 atom stereocenters. The Hall–Kier alpha value is -1.26. The van der Waals surface area contributed by atoms with Crippen molar-refractivity contribution in [2.75, 3.05) is 85.1 Å². The van der Waals surface area contributed by atoms with E-state index in [1.54, 1.807) is 14.2 Å². The van der Waals surface area contributed by atoms with Crippen LogP contribution in [0.3, 0.4) is 0 Å². The second-order valence-corrected chi connectivity index (χ2v) is 7.06. The molecule has 29 heavy (non-hydrogen) atoms. The Labute approximate surface area is 193 Å². The van der Waals surface area contributed by atoms with E-state index in [0.717, 1.165) is 77.1 Å². The van der Waals surface area contributed by atoms with Gasteiger partial charge in [0.25, 0.3) is 0 Å². The maximum Gasteiger partial charge on any atom is 0.194 e. The molecule has 0 aromatic heterocycles. The molecule has 2 rings (SSSR count). The van der Waals surface area contributed by atoms with Crippen LogP contribution >= 0.6 is 24.0 Å². The fourth-order valence-electron chi connectivity index (χ4n) is 3.29. The average molecular weight is 519 g/mol. The molecular weight excluding hydrogens is 481 g/mol. The summed E-state index contributed by atoms with van der Waals surface area (Å²) in [4.78, 5) is 11.9. The van der Waals surface area contributed by atoms with E-state index in [1.165, 1.54) is 5.69 Å². The normalized spacial score (nSPS) is 14.7. The molecule has 1 fully saturated rings. The maximum atomic E-state index is 5.35. The van der Waals surface area contributed by atoms with Crippen LogP contribution in [0, 0.1) is 0 Å². The fraction of sp³-hybridized carbons (Fsp3) is 0.667. The molecule has 7 nitrogen and oxygen atoms in total. The first-order valence-electron chi connectivity index (χ1n) is 10.3. The third-order valence-corrected chi connectivity index (χ3v) is 4.97. The van der Waals surface area contributed by atoms with Crippen molar-refractivity contribution < 1.29 is 9.47 Å². The maximum absolute atomic E-state index is 5.35. The molecule has 8 heteroatoms. The number of likely N-dealkylation sites (N-methyl/N-ethyl adjacent to an activating group) is 1. The number of hydrogen-bond donors (Lipinski definition) is 1. The van der Waals surface area contributed by atoms with E-state index in [2.05, 4.69) is 52.2 Å². The second-order valence-electron chi connectivity index (χ2n) is 7.06. The van der Waals surface area contributed by atoms with Gasteiger partial charge >= 0.3 is 0 Å². The van der Waals surface area contributed by atoms with Crippen molar-refractivity contribution in [3.05, 3.63) is 24.3 Å². The van der Waals surface area contributed by atoms with Gasteiger partial charge in [0.05, 0.1) is 13.7 Å². The van der Waals surface area contributed by atoms with Crippen molar-refractivity contribution in [2.45, 2.75) is 13.3 Å². The largest absolute Gasteiger partial charge is 0.497 e. The van der Waals surface area contributed by atoms with Crippen LogP contribution in [-0.2, 0) is 4.74 Å². The Kier molecular flexibility index (Phi) is 13.0. The van der Waals surface area contributed by atoms with E-state index >= 15 is 0 Å². The van der Waals surface area contributed by atoms with E-state index in [0.29, 0.717) is 0 Å². The highest BCUT2D eigenvalue weighted by atomic mass is 127. The van der Waals surface area contributed by atoms with Crippen molar-refractivity contribution in [1.29, 1.82) is 0 Å². The number of guanidine groups is 1. The molecule has 0 spiro atoms. The lowest BCUT2D eigenvalue weighted by Gasteiger charge is -2.37. The summed E-state index contributed by atoms with van der Waals surface area (Å²) in [5.74, 6) is 1.94. The number of nitrogens with one attached hydrogen (secondary N) is 1. The number of rotatable bonds is 10. The molecule has 1 aromatic carbocycles.